The zero-order valence-corrected chi connectivity index (χ0v) is 22.2. The Bertz CT molecular complexity index is 1470. The van der Waals surface area contributed by atoms with Crippen LogP contribution in [0.4, 0.5) is 11.4 Å². The van der Waals surface area contributed by atoms with E-state index in [1.165, 1.54) is 23.5 Å². The van der Waals surface area contributed by atoms with Gasteiger partial charge in [-0.3, -0.25) is 9.03 Å². The standard InChI is InChI=1S/C26H30N2O5S2/c1-17-15-18(2)20(4)26(19(17)3)34(29,30)27-22-8-13-25-21(16-22)7-6-14-28(25)35(31,32)24-11-9-23(33-5)10-12-24/h8-13,15-16,27H,6-7,14H2,1-5H3. The van der Waals surface area contributed by atoms with Crippen molar-refractivity contribution in [2.45, 2.75) is 50.3 Å². The second-order valence-electron chi connectivity index (χ2n) is 8.89. The predicted octanol–water partition coefficient (Wildman–Crippen LogP) is 4.87. The molecule has 0 radical (unpaired) electrons. The highest BCUT2D eigenvalue weighted by Gasteiger charge is 2.30. The maximum atomic E-state index is 13.4. The zero-order valence-electron chi connectivity index (χ0n) is 20.5. The summed E-state index contributed by atoms with van der Waals surface area (Å²) in [7, 11) is -6.08. The first kappa shape index (κ1) is 25.1. The van der Waals surface area contributed by atoms with Crippen LogP contribution in [0.2, 0.25) is 0 Å². The Morgan fingerprint density at radius 2 is 1.49 bits per heavy atom. The van der Waals surface area contributed by atoms with Crippen molar-refractivity contribution in [3.05, 3.63) is 76.3 Å². The van der Waals surface area contributed by atoms with E-state index in [0.717, 1.165) is 27.8 Å². The van der Waals surface area contributed by atoms with Crippen LogP contribution >= 0.6 is 0 Å². The Morgan fingerprint density at radius 3 is 2.09 bits per heavy atom. The number of aryl methyl sites for hydroxylation is 3. The molecule has 1 N–H and O–H groups in total. The minimum Gasteiger partial charge on any atom is -0.497 e. The molecule has 0 bridgehead atoms. The van der Waals surface area contributed by atoms with E-state index in [0.29, 0.717) is 36.5 Å². The van der Waals surface area contributed by atoms with Gasteiger partial charge in [0.2, 0.25) is 0 Å². The Balaban J connectivity index is 1.68. The van der Waals surface area contributed by atoms with Gasteiger partial charge >= 0.3 is 0 Å². The molecule has 186 valence electrons. The largest absolute Gasteiger partial charge is 0.497 e. The van der Waals surface area contributed by atoms with Gasteiger partial charge in [0.1, 0.15) is 5.75 Å². The molecule has 3 aromatic carbocycles. The van der Waals surface area contributed by atoms with Crippen LogP contribution in [0.15, 0.2) is 58.3 Å². The summed E-state index contributed by atoms with van der Waals surface area (Å²) in [6.07, 6.45) is 1.29. The molecule has 35 heavy (non-hydrogen) atoms. The zero-order chi connectivity index (χ0) is 25.5. The van der Waals surface area contributed by atoms with E-state index in [-0.39, 0.29) is 9.79 Å². The molecule has 9 heteroatoms. The van der Waals surface area contributed by atoms with Gasteiger partial charge in [0.05, 0.1) is 22.6 Å². The molecule has 0 aliphatic carbocycles. The third-order valence-electron chi connectivity index (χ3n) is 6.62. The van der Waals surface area contributed by atoms with Crippen LogP contribution in [-0.2, 0) is 26.5 Å². The molecule has 4 rings (SSSR count). The Kier molecular flexibility index (Phi) is 6.59. The number of fused-ring (bicyclic) bond motifs is 1. The summed E-state index contributed by atoms with van der Waals surface area (Å²) in [5.74, 6) is 0.578. The molecule has 3 aromatic rings. The van der Waals surface area contributed by atoms with Crippen molar-refractivity contribution in [3.63, 3.8) is 0 Å². The van der Waals surface area contributed by atoms with E-state index < -0.39 is 20.0 Å². The Labute approximate surface area is 207 Å². The summed E-state index contributed by atoms with van der Waals surface area (Å²) >= 11 is 0. The molecule has 0 saturated carbocycles. The normalized spacial score (nSPS) is 13.9. The van der Waals surface area contributed by atoms with E-state index >= 15 is 0 Å². The molecule has 7 nitrogen and oxygen atoms in total. The van der Waals surface area contributed by atoms with Gasteiger partial charge in [0.25, 0.3) is 20.0 Å². The molecule has 0 amide bonds. The Hall–Kier alpha value is -3.04. The number of benzene rings is 3. The number of methoxy groups -OCH3 is 1. The van der Waals surface area contributed by atoms with Crippen molar-refractivity contribution >= 4 is 31.4 Å². The summed E-state index contributed by atoms with van der Waals surface area (Å²) in [5.41, 5.74) is 5.02. The summed E-state index contributed by atoms with van der Waals surface area (Å²) in [4.78, 5) is 0.466. The minimum atomic E-state index is -3.83. The average Bonchev–Trinajstić information content (AvgIpc) is 2.82. The van der Waals surface area contributed by atoms with Crippen molar-refractivity contribution in [2.75, 3.05) is 22.7 Å². The van der Waals surface area contributed by atoms with Gasteiger partial charge in [-0.05, 0) is 111 Å². The lowest BCUT2D eigenvalue weighted by Crippen LogP contribution is -2.35. The molecule has 0 atom stereocenters. The van der Waals surface area contributed by atoms with Gasteiger partial charge < -0.3 is 4.74 Å². The number of hydrogen-bond acceptors (Lipinski definition) is 5. The van der Waals surface area contributed by atoms with Crippen molar-refractivity contribution in [2.24, 2.45) is 0 Å². The topological polar surface area (TPSA) is 92.8 Å². The lowest BCUT2D eigenvalue weighted by molar-refractivity contribution is 0.414. The second-order valence-corrected chi connectivity index (χ2v) is 12.4. The average molecular weight is 515 g/mol. The first-order valence-electron chi connectivity index (χ1n) is 11.4. The fourth-order valence-corrected chi connectivity index (χ4v) is 7.75. The molecule has 1 aliphatic rings. The van der Waals surface area contributed by atoms with Crippen LogP contribution in [0, 0.1) is 27.7 Å². The summed E-state index contributed by atoms with van der Waals surface area (Å²) in [6.45, 7) is 7.78. The van der Waals surface area contributed by atoms with Gasteiger partial charge in [-0.25, -0.2) is 16.8 Å². The van der Waals surface area contributed by atoms with Crippen LogP contribution in [0.25, 0.3) is 0 Å². The molecule has 0 aromatic heterocycles. The predicted molar refractivity (Wildman–Crippen MR) is 138 cm³/mol. The number of ether oxygens (including phenoxy) is 1. The SMILES string of the molecule is COc1ccc(S(=O)(=O)N2CCCc3cc(NS(=O)(=O)c4c(C)c(C)cc(C)c4C)ccc32)cc1. The summed E-state index contributed by atoms with van der Waals surface area (Å²) in [6, 6.07) is 13.3. The number of nitrogens with one attached hydrogen (secondary N) is 1. The number of hydrogen-bond donors (Lipinski definition) is 1. The number of sulfonamides is 2. The third-order valence-corrected chi connectivity index (χ3v) is 10.1. The van der Waals surface area contributed by atoms with Gasteiger partial charge in [0.15, 0.2) is 0 Å². The second kappa shape index (κ2) is 9.20. The smallest absolute Gasteiger partial charge is 0.264 e. The van der Waals surface area contributed by atoms with Gasteiger partial charge in [-0.2, -0.15) is 0 Å². The van der Waals surface area contributed by atoms with Gasteiger partial charge in [0, 0.05) is 12.2 Å². The van der Waals surface area contributed by atoms with Crippen LogP contribution in [0.5, 0.6) is 5.75 Å². The maximum absolute atomic E-state index is 13.4. The highest BCUT2D eigenvalue weighted by Crippen LogP contribution is 2.35. The van der Waals surface area contributed by atoms with Crippen molar-refractivity contribution in [1.82, 2.24) is 0 Å². The van der Waals surface area contributed by atoms with Crippen molar-refractivity contribution in [1.29, 1.82) is 0 Å². The van der Waals surface area contributed by atoms with E-state index in [2.05, 4.69) is 4.72 Å². The van der Waals surface area contributed by atoms with E-state index in [9.17, 15) is 16.8 Å². The van der Waals surface area contributed by atoms with Crippen LogP contribution in [0.1, 0.15) is 34.2 Å². The molecule has 0 unspecified atom stereocenters. The third kappa shape index (κ3) is 4.62. The van der Waals surface area contributed by atoms with Gasteiger partial charge in [-0.15, -0.1) is 0 Å². The number of anilines is 2. The molecular formula is C26H30N2O5S2. The fraction of sp³-hybridized carbons (Fsp3) is 0.308. The molecule has 1 aliphatic heterocycles. The van der Waals surface area contributed by atoms with Crippen molar-refractivity contribution < 1.29 is 21.6 Å². The minimum absolute atomic E-state index is 0.177. The maximum Gasteiger partial charge on any atom is 0.264 e. The fourth-order valence-electron chi connectivity index (χ4n) is 4.54. The molecule has 0 fully saturated rings. The highest BCUT2D eigenvalue weighted by molar-refractivity contribution is 7.93. The number of rotatable bonds is 6. The number of nitrogens with zero attached hydrogens (tertiary/aromatic N) is 1. The lowest BCUT2D eigenvalue weighted by atomic mass is 10.0. The molecule has 1 heterocycles. The molecule has 0 saturated heterocycles. The van der Waals surface area contributed by atoms with E-state index in [1.54, 1.807) is 30.3 Å². The van der Waals surface area contributed by atoms with E-state index in [1.807, 2.05) is 33.8 Å². The van der Waals surface area contributed by atoms with E-state index in [4.69, 9.17) is 4.74 Å². The molecule has 0 spiro atoms. The first-order valence-corrected chi connectivity index (χ1v) is 14.3. The van der Waals surface area contributed by atoms with Crippen LogP contribution in [0.3, 0.4) is 0 Å². The molecular weight excluding hydrogens is 484 g/mol. The summed E-state index contributed by atoms with van der Waals surface area (Å²) < 4.78 is 62.7. The highest BCUT2D eigenvalue weighted by atomic mass is 32.2. The van der Waals surface area contributed by atoms with Crippen molar-refractivity contribution in [3.8, 4) is 5.75 Å². The Morgan fingerprint density at radius 1 is 0.857 bits per heavy atom. The monoisotopic (exact) mass is 514 g/mol. The lowest BCUT2D eigenvalue weighted by Gasteiger charge is -2.31. The quantitative estimate of drug-likeness (QED) is 0.507. The van der Waals surface area contributed by atoms with Crippen LogP contribution in [-0.4, -0.2) is 30.5 Å². The first-order chi connectivity index (χ1) is 16.5. The van der Waals surface area contributed by atoms with Gasteiger partial charge in [-0.1, -0.05) is 6.07 Å². The summed E-state index contributed by atoms with van der Waals surface area (Å²) in [5, 5.41) is 0. The van der Waals surface area contributed by atoms with Crippen LogP contribution < -0.4 is 13.8 Å².